The minimum Gasteiger partial charge on any atom is -0.466 e. The Balaban J connectivity index is 1.77. The van der Waals surface area contributed by atoms with Crippen LogP contribution in [0.3, 0.4) is 0 Å². The topological polar surface area (TPSA) is 60.1 Å². The molecule has 1 amide bonds. The van der Waals surface area contributed by atoms with Gasteiger partial charge < -0.3 is 9.73 Å². The Bertz CT molecular complexity index is 1050. The highest BCUT2D eigenvalue weighted by molar-refractivity contribution is 5.79. The normalized spacial score (nSPS) is 11.7. The number of nitrogens with one attached hydrogen (secondary N) is 1. The first-order valence-corrected chi connectivity index (χ1v) is 9.11. The molecule has 8 heteroatoms. The summed E-state index contributed by atoms with van der Waals surface area (Å²) in [4.78, 5) is 12.4. The summed E-state index contributed by atoms with van der Waals surface area (Å²) in [5.41, 5.74) is 2.39. The van der Waals surface area contributed by atoms with Crippen molar-refractivity contribution in [3.63, 3.8) is 0 Å². The second-order valence-corrected chi connectivity index (χ2v) is 7.00. The summed E-state index contributed by atoms with van der Waals surface area (Å²) < 4.78 is 45.9. The molecule has 0 aliphatic carbocycles. The number of aromatic nitrogens is 2. The van der Waals surface area contributed by atoms with Gasteiger partial charge in [0.25, 0.3) is 0 Å². The first-order valence-electron chi connectivity index (χ1n) is 9.11. The maximum absolute atomic E-state index is 13.0. The van der Waals surface area contributed by atoms with Crippen molar-refractivity contribution in [3.8, 4) is 5.69 Å². The Kier molecular flexibility index (Phi) is 5.55. The van der Waals surface area contributed by atoms with E-state index in [1.54, 1.807) is 19.9 Å². The van der Waals surface area contributed by atoms with Crippen molar-refractivity contribution in [3.05, 3.63) is 69.9 Å². The highest BCUT2D eigenvalue weighted by Crippen LogP contribution is 2.31. The van der Waals surface area contributed by atoms with Crippen molar-refractivity contribution in [2.45, 2.75) is 46.8 Å². The predicted octanol–water partition coefficient (Wildman–Crippen LogP) is 4.58. The van der Waals surface area contributed by atoms with E-state index in [-0.39, 0.29) is 12.3 Å². The molecule has 0 saturated carbocycles. The van der Waals surface area contributed by atoms with E-state index in [9.17, 15) is 18.0 Å². The number of furan rings is 1. The zero-order valence-corrected chi connectivity index (χ0v) is 16.6. The van der Waals surface area contributed by atoms with Crippen LogP contribution in [0.1, 0.15) is 39.6 Å². The third kappa shape index (κ3) is 4.52. The van der Waals surface area contributed by atoms with Crippen LogP contribution in [0.25, 0.3) is 5.69 Å². The van der Waals surface area contributed by atoms with E-state index in [4.69, 9.17) is 4.42 Å². The van der Waals surface area contributed by atoms with Crippen LogP contribution < -0.4 is 5.32 Å². The van der Waals surface area contributed by atoms with Gasteiger partial charge >= 0.3 is 6.18 Å². The number of alkyl halides is 3. The molecule has 154 valence electrons. The van der Waals surface area contributed by atoms with Crippen LogP contribution >= 0.6 is 0 Å². The molecule has 0 radical (unpaired) electrons. The van der Waals surface area contributed by atoms with Crippen molar-refractivity contribution in [1.82, 2.24) is 15.1 Å². The molecule has 2 aromatic heterocycles. The maximum Gasteiger partial charge on any atom is 0.416 e. The number of aryl methyl sites for hydroxylation is 3. The van der Waals surface area contributed by atoms with E-state index in [0.29, 0.717) is 29.2 Å². The largest absolute Gasteiger partial charge is 0.466 e. The number of halogens is 3. The van der Waals surface area contributed by atoms with E-state index < -0.39 is 11.7 Å². The van der Waals surface area contributed by atoms with E-state index in [2.05, 4.69) is 10.4 Å². The lowest BCUT2D eigenvalue weighted by Crippen LogP contribution is -2.25. The third-order valence-electron chi connectivity index (χ3n) is 4.82. The minimum atomic E-state index is -4.43. The zero-order chi connectivity index (χ0) is 21.3. The van der Waals surface area contributed by atoms with Crippen molar-refractivity contribution >= 4 is 5.91 Å². The molecule has 0 unspecified atom stereocenters. The Morgan fingerprint density at radius 3 is 2.52 bits per heavy atom. The fraction of sp³-hybridized carbons (Fsp3) is 0.333. The molecular formula is C21H22F3N3O2. The number of rotatable bonds is 5. The Morgan fingerprint density at radius 2 is 1.90 bits per heavy atom. The maximum atomic E-state index is 13.0. The summed E-state index contributed by atoms with van der Waals surface area (Å²) in [5.74, 6) is 1.34. The second-order valence-electron chi connectivity index (χ2n) is 7.00. The van der Waals surface area contributed by atoms with Gasteiger partial charge in [0.2, 0.25) is 5.91 Å². The van der Waals surface area contributed by atoms with Gasteiger partial charge in [-0.15, -0.1) is 0 Å². The van der Waals surface area contributed by atoms with Crippen molar-refractivity contribution in [1.29, 1.82) is 0 Å². The van der Waals surface area contributed by atoms with E-state index in [0.717, 1.165) is 29.2 Å². The molecule has 0 fully saturated rings. The molecule has 0 spiro atoms. The summed E-state index contributed by atoms with van der Waals surface area (Å²) in [7, 11) is 0. The second kappa shape index (κ2) is 7.77. The molecule has 0 aliphatic rings. The lowest BCUT2D eigenvalue weighted by molar-refractivity contribution is -0.137. The molecule has 0 bridgehead atoms. The highest BCUT2D eigenvalue weighted by Gasteiger charge is 2.30. The summed E-state index contributed by atoms with van der Waals surface area (Å²) in [6.07, 6.45) is -4.34. The first kappa shape index (κ1) is 20.7. The van der Waals surface area contributed by atoms with Crippen LogP contribution in [0.15, 0.2) is 34.7 Å². The molecule has 1 N–H and O–H groups in total. The molecule has 3 rings (SSSR count). The summed E-state index contributed by atoms with van der Waals surface area (Å²) in [6.45, 7) is 7.51. The van der Waals surface area contributed by atoms with Gasteiger partial charge in [-0.1, -0.05) is 6.07 Å². The van der Waals surface area contributed by atoms with Crippen LogP contribution in [0.4, 0.5) is 13.2 Å². The van der Waals surface area contributed by atoms with E-state index >= 15 is 0 Å². The van der Waals surface area contributed by atoms with E-state index in [1.807, 2.05) is 19.9 Å². The number of hydrogen-bond acceptors (Lipinski definition) is 3. The molecule has 3 aromatic rings. The van der Waals surface area contributed by atoms with Gasteiger partial charge in [0.05, 0.1) is 23.4 Å². The van der Waals surface area contributed by atoms with Crippen molar-refractivity contribution in [2.24, 2.45) is 0 Å². The smallest absolute Gasteiger partial charge is 0.416 e. The summed E-state index contributed by atoms with van der Waals surface area (Å²) in [5, 5.41) is 7.20. The first-order chi connectivity index (χ1) is 13.6. The average molecular weight is 405 g/mol. The Hall–Kier alpha value is -3.03. The number of carbonyl (C=O) groups is 1. The predicted molar refractivity (Wildman–Crippen MR) is 102 cm³/mol. The molecular weight excluding hydrogens is 383 g/mol. The van der Waals surface area contributed by atoms with Gasteiger partial charge in [-0.05, 0) is 52.0 Å². The Morgan fingerprint density at radius 1 is 1.17 bits per heavy atom. The number of hydrogen-bond donors (Lipinski definition) is 1. The monoisotopic (exact) mass is 405 g/mol. The standard InChI is InChI=1S/C21H22F3N3O2/c1-12-8-16(15(4)29-12)11-25-20(28)10-19-13(2)26-27(14(19)3)18-7-5-6-17(9-18)21(22,23)24/h5-9H,10-11H2,1-4H3,(H,25,28). The third-order valence-corrected chi connectivity index (χ3v) is 4.82. The Labute approximate surface area is 166 Å². The molecule has 0 saturated heterocycles. The van der Waals surface area contributed by atoms with Crippen LogP contribution in [0, 0.1) is 27.7 Å². The van der Waals surface area contributed by atoms with Crippen LogP contribution in [0.2, 0.25) is 0 Å². The number of benzene rings is 1. The van der Waals surface area contributed by atoms with Gasteiger partial charge in [0.15, 0.2) is 0 Å². The minimum absolute atomic E-state index is 0.0898. The quantitative estimate of drug-likeness (QED) is 0.676. The van der Waals surface area contributed by atoms with Gasteiger partial charge in [-0.3, -0.25) is 4.79 Å². The van der Waals surface area contributed by atoms with Gasteiger partial charge in [-0.2, -0.15) is 18.3 Å². The van der Waals surface area contributed by atoms with Crippen molar-refractivity contribution in [2.75, 3.05) is 0 Å². The molecule has 29 heavy (non-hydrogen) atoms. The van der Waals surface area contributed by atoms with Crippen LogP contribution in [0.5, 0.6) is 0 Å². The number of nitrogens with zero attached hydrogens (tertiary/aromatic N) is 2. The average Bonchev–Trinajstić information content (AvgIpc) is 3.11. The molecule has 5 nitrogen and oxygen atoms in total. The van der Waals surface area contributed by atoms with Gasteiger partial charge in [0, 0.05) is 23.4 Å². The summed E-state index contributed by atoms with van der Waals surface area (Å²) >= 11 is 0. The number of carbonyl (C=O) groups excluding carboxylic acids is 1. The summed E-state index contributed by atoms with van der Waals surface area (Å²) in [6, 6.07) is 6.84. The fourth-order valence-corrected chi connectivity index (χ4v) is 3.27. The molecule has 1 aromatic carbocycles. The lowest BCUT2D eigenvalue weighted by Gasteiger charge is -2.10. The SMILES string of the molecule is Cc1cc(CNC(=O)Cc2c(C)nn(-c3cccc(C(F)(F)F)c3)c2C)c(C)o1. The van der Waals surface area contributed by atoms with Crippen LogP contribution in [-0.4, -0.2) is 15.7 Å². The zero-order valence-electron chi connectivity index (χ0n) is 16.6. The van der Waals surface area contributed by atoms with Gasteiger partial charge in [-0.25, -0.2) is 4.68 Å². The number of amides is 1. The molecule has 0 aliphatic heterocycles. The fourth-order valence-electron chi connectivity index (χ4n) is 3.27. The van der Waals surface area contributed by atoms with Crippen molar-refractivity contribution < 1.29 is 22.4 Å². The molecule has 0 atom stereocenters. The van der Waals surface area contributed by atoms with E-state index in [1.165, 1.54) is 10.7 Å². The lowest BCUT2D eigenvalue weighted by atomic mass is 10.1. The van der Waals surface area contributed by atoms with Crippen LogP contribution in [-0.2, 0) is 23.9 Å². The molecule has 2 heterocycles. The highest BCUT2D eigenvalue weighted by atomic mass is 19.4. The van der Waals surface area contributed by atoms with Gasteiger partial charge in [0.1, 0.15) is 11.5 Å².